The summed E-state index contributed by atoms with van der Waals surface area (Å²) >= 11 is 0. The summed E-state index contributed by atoms with van der Waals surface area (Å²) in [5.41, 5.74) is 8.99. The smallest absolute Gasteiger partial charge is 0.183 e. The zero-order valence-electron chi connectivity index (χ0n) is 32.5. The Hall–Kier alpha value is -8.16. The topological polar surface area (TPSA) is 109 Å². The van der Waals surface area contributed by atoms with E-state index in [1.165, 1.54) is 6.92 Å². The predicted octanol–water partition coefficient (Wildman–Crippen LogP) is 13.2. The van der Waals surface area contributed by atoms with Gasteiger partial charge in [-0.15, -0.1) is 0 Å². The molecule has 0 aliphatic heterocycles. The van der Waals surface area contributed by atoms with Crippen molar-refractivity contribution in [2.75, 3.05) is 4.90 Å². The minimum atomic E-state index is -0.548. The van der Waals surface area contributed by atoms with Crippen molar-refractivity contribution in [1.29, 1.82) is 0 Å². The molecule has 290 valence electrons. The van der Waals surface area contributed by atoms with E-state index < -0.39 is 23.0 Å². The molecule has 0 amide bonds. The van der Waals surface area contributed by atoms with Gasteiger partial charge in [0.05, 0.1) is 16.4 Å². The first-order valence-corrected chi connectivity index (χ1v) is 19.6. The number of hydrogen-bond acceptors (Lipinski definition) is 6. The summed E-state index contributed by atoms with van der Waals surface area (Å²) in [6.07, 6.45) is 0. The third-order valence-corrected chi connectivity index (χ3v) is 11.5. The highest BCUT2D eigenvalue weighted by Gasteiger charge is 2.32. The second-order valence-electron chi connectivity index (χ2n) is 14.9. The van der Waals surface area contributed by atoms with E-state index in [1.54, 1.807) is 29.2 Å². The number of anilines is 3. The molecule has 7 heteroatoms. The van der Waals surface area contributed by atoms with Crippen LogP contribution in [0.4, 0.5) is 17.1 Å². The molecular formula is C53H38N2O5. The maximum atomic E-state index is 12.2. The summed E-state index contributed by atoms with van der Waals surface area (Å²) in [6, 6.07) is 59.5. The lowest BCUT2D eigenvalue weighted by Crippen LogP contribution is -2.11. The summed E-state index contributed by atoms with van der Waals surface area (Å²) in [5, 5.41) is 61.1. The molecule has 0 saturated carbocycles. The van der Waals surface area contributed by atoms with E-state index in [9.17, 15) is 25.5 Å². The lowest BCUT2D eigenvalue weighted by molar-refractivity contribution is 0.395. The molecule has 5 N–H and O–H groups in total. The molecule has 0 radical (unpaired) electrons. The van der Waals surface area contributed by atoms with Crippen molar-refractivity contribution in [1.82, 2.24) is 4.57 Å². The number of rotatable bonds is 7. The Kier molecular flexibility index (Phi) is 8.65. The van der Waals surface area contributed by atoms with Gasteiger partial charge in [0.2, 0.25) is 0 Å². The number of para-hydroxylation sites is 2. The molecular weight excluding hydrogens is 745 g/mol. The summed E-state index contributed by atoms with van der Waals surface area (Å²) < 4.78 is 2.28. The Morgan fingerprint density at radius 2 is 0.883 bits per heavy atom. The first kappa shape index (κ1) is 36.2. The van der Waals surface area contributed by atoms with Crippen LogP contribution in [0.15, 0.2) is 182 Å². The molecule has 1 aromatic heterocycles. The maximum Gasteiger partial charge on any atom is 0.183 e. The molecule has 10 rings (SSSR count). The van der Waals surface area contributed by atoms with Gasteiger partial charge in [0.15, 0.2) is 23.0 Å². The van der Waals surface area contributed by atoms with Crippen LogP contribution in [0.5, 0.6) is 28.7 Å². The second-order valence-corrected chi connectivity index (χ2v) is 14.9. The predicted molar refractivity (Wildman–Crippen MR) is 242 cm³/mol. The van der Waals surface area contributed by atoms with Gasteiger partial charge in [0.1, 0.15) is 11.4 Å². The fourth-order valence-corrected chi connectivity index (χ4v) is 8.53. The molecule has 0 bridgehead atoms. The van der Waals surface area contributed by atoms with Gasteiger partial charge < -0.3 is 35.0 Å². The largest absolute Gasteiger partial charge is 0.507 e. The zero-order valence-corrected chi connectivity index (χ0v) is 32.5. The lowest BCUT2D eigenvalue weighted by atomic mass is 9.91. The zero-order chi connectivity index (χ0) is 41.1. The van der Waals surface area contributed by atoms with E-state index in [0.29, 0.717) is 16.9 Å². The normalized spacial score (nSPS) is 11.4. The average Bonchev–Trinajstić information content (AvgIpc) is 3.64. The number of aromatic hydroxyl groups is 5. The van der Waals surface area contributed by atoms with Crippen molar-refractivity contribution in [2.24, 2.45) is 0 Å². The molecule has 0 spiro atoms. The van der Waals surface area contributed by atoms with Crippen LogP contribution in [0.3, 0.4) is 0 Å². The van der Waals surface area contributed by atoms with Gasteiger partial charge in [-0.25, -0.2) is 0 Å². The summed E-state index contributed by atoms with van der Waals surface area (Å²) in [4.78, 5) is 1.72. The Morgan fingerprint density at radius 1 is 0.383 bits per heavy atom. The van der Waals surface area contributed by atoms with E-state index in [0.717, 1.165) is 49.7 Å². The number of fused-ring (bicyclic) bond motifs is 4. The van der Waals surface area contributed by atoms with Crippen LogP contribution in [0.2, 0.25) is 0 Å². The molecule has 60 heavy (non-hydrogen) atoms. The molecule has 0 atom stereocenters. The monoisotopic (exact) mass is 782 g/mol. The molecule has 1 heterocycles. The molecule has 0 aliphatic carbocycles. The fraction of sp³-hybridized carbons (Fsp3) is 0.0189. The highest BCUT2D eigenvalue weighted by atomic mass is 16.3. The van der Waals surface area contributed by atoms with Crippen LogP contribution in [-0.4, -0.2) is 30.1 Å². The van der Waals surface area contributed by atoms with Gasteiger partial charge in [0, 0.05) is 44.3 Å². The Labute approximate surface area is 345 Å². The standard InChI is InChI=1S/C53H38N2O5/c1-32-49(56)46-45(36-15-7-3-8-16-36)51(58)53(60)48(47(46)52(59)50(32)57)54(39-26-21-34(22-27-39)33-13-5-2-6-14-33)40-28-23-35(24-29-40)37-25-30-44-42(31-37)41-19-11-12-20-43(41)55(44)38-17-9-4-10-18-38/h2-31,56-60H,1H3. The van der Waals surface area contributed by atoms with Crippen molar-refractivity contribution in [3.05, 3.63) is 188 Å². The Bertz CT molecular complexity index is 3240. The van der Waals surface area contributed by atoms with Crippen molar-refractivity contribution in [2.45, 2.75) is 6.92 Å². The summed E-state index contributed by atoms with van der Waals surface area (Å²) in [5.74, 6) is -2.46. The van der Waals surface area contributed by atoms with Crippen molar-refractivity contribution < 1.29 is 25.5 Å². The van der Waals surface area contributed by atoms with Gasteiger partial charge >= 0.3 is 0 Å². The first-order valence-electron chi connectivity index (χ1n) is 19.6. The Balaban J connectivity index is 1.17. The number of aromatic nitrogens is 1. The average molecular weight is 783 g/mol. The van der Waals surface area contributed by atoms with Crippen LogP contribution >= 0.6 is 0 Å². The minimum Gasteiger partial charge on any atom is -0.507 e. The van der Waals surface area contributed by atoms with Gasteiger partial charge in [-0.1, -0.05) is 127 Å². The van der Waals surface area contributed by atoms with Crippen LogP contribution in [-0.2, 0) is 0 Å². The molecule has 0 fully saturated rings. The van der Waals surface area contributed by atoms with Crippen LogP contribution in [0.1, 0.15) is 5.56 Å². The van der Waals surface area contributed by atoms with E-state index in [1.807, 2.05) is 103 Å². The quantitative estimate of drug-likeness (QED) is 0.0814. The number of hydrogen-bond donors (Lipinski definition) is 5. The van der Waals surface area contributed by atoms with Crippen LogP contribution in [0.25, 0.3) is 71.6 Å². The molecule has 0 unspecified atom stereocenters. The minimum absolute atomic E-state index is 0.0272. The molecule has 10 aromatic rings. The number of nitrogens with zero attached hydrogens (tertiary/aromatic N) is 2. The van der Waals surface area contributed by atoms with Gasteiger partial charge in [-0.2, -0.15) is 0 Å². The third kappa shape index (κ3) is 5.75. The van der Waals surface area contributed by atoms with Crippen LogP contribution in [0, 0.1) is 6.92 Å². The van der Waals surface area contributed by atoms with Crippen LogP contribution < -0.4 is 4.90 Å². The molecule has 0 aliphatic rings. The van der Waals surface area contributed by atoms with E-state index in [2.05, 4.69) is 59.2 Å². The van der Waals surface area contributed by atoms with Gasteiger partial charge in [-0.05, 0) is 89.3 Å². The second kappa shape index (κ2) is 14.3. The highest BCUT2D eigenvalue weighted by Crippen LogP contribution is 2.59. The third-order valence-electron chi connectivity index (χ3n) is 11.5. The SMILES string of the molecule is Cc1c(O)c(O)c2c(N(c3ccc(-c4ccccc4)cc3)c3ccc(-c4ccc5c(c4)c4ccccc4n5-c4ccccc4)cc3)c(O)c(O)c(-c3ccccc3)c2c1O. The van der Waals surface area contributed by atoms with Gasteiger partial charge in [0.25, 0.3) is 0 Å². The molecule has 7 nitrogen and oxygen atoms in total. The number of phenolic OH excluding ortho intramolecular Hbond substituents is 5. The molecule has 0 saturated heterocycles. The highest BCUT2D eigenvalue weighted by molar-refractivity contribution is 6.17. The fourth-order valence-electron chi connectivity index (χ4n) is 8.53. The van der Waals surface area contributed by atoms with Crippen molar-refractivity contribution >= 4 is 49.6 Å². The maximum absolute atomic E-state index is 12.2. The van der Waals surface area contributed by atoms with Gasteiger partial charge in [-0.3, -0.25) is 0 Å². The van der Waals surface area contributed by atoms with E-state index in [4.69, 9.17) is 0 Å². The Morgan fingerprint density at radius 3 is 1.52 bits per heavy atom. The first-order chi connectivity index (χ1) is 29.3. The van der Waals surface area contributed by atoms with E-state index >= 15 is 0 Å². The number of benzene rings is 9. The summed E-state index contributed by atoms with van der Waals surface area (Å²) in [6.45, 7) is 1.48. The van der Waals surface area contributed by atoms with Crippen molar-refractivity contribution in [3.63, 3.8) is 0 Å². The lowest BCUT2D eigenvalue weighted by Gasteiger charge is -2.30. The summed E-state index contributed by atoms with van der Waals surface area (Å²) in [7, 11) is 0. The van der Waals surface area contributed by atoms with E-state index in [-0.39, 0.29) is 33.3 Å². The van der Waals surface area contributed by atoms with Crippen molar-refractivity contribution in [3.8, 4) is 67.8 Å². The molecule has 9 aromatic carbocycles. The number of phenols is 5.